The highest BCUT2D eigenvalue weighted by molar-refractivity contribution is 5.77. The molecule has 1 N–H and O–H groups in total. The number of amides is 1. The molecule has 0 aromatic heterocycles. The maximum absolute atomic E-state index is 12.9. The van der Waals surface area contributed by atoms with Crippen molar-refractivity contribution in [2.75, 3.05) is 19.8 Å². The van der Waals surface area contributed by atoms with Crippen molar-refractivity contribution in [3.8, 4) is 5.75 Å². The van der Waals surface area contributed by atoms with E-state index < -0.39 is 0 Å². The molecule has 0 bridgehead atoms. The number of hydrogen-bond acceptors (Lipinski definition) is 3. The van der Waals surface area contributed by atoms with Gasteiger partial charge in [-0.3, -0.25) is 4.79 Å². The SMILES string of the molecule is O=C(CCOc1cccc(F)c1)N1CCC[C@@H]1CO. The predicted molar refractivity (Wildman–Crippen MR) is 68.3 cm³/mol. The fourth-order valence-electron chi connectivity index (χ4n) is 2.31. The van der Waals surface area contributed by atoms with Gasteiger partial charge in [-0.1, -0.05) is 6.07 Å². The summed E-state index contributed by atoms with van der Waals surface area (Å²) in [7, 11) is 0. The number of carbonyl (C=O) groups is 1. The highest BCUT2D eigenvalue weighted by atomic mass is 19.1. The van der Waals surface area contributed by atoms with E-state index in [0.29, 0.717) is 12.3 Å². The van der Waals surface area contributed by atoms with E-state index in [1.54, 1.807) is 17.0 Å². The van der Waals surface area contributed by atoms with Crippen LogP contribution in [0.4, 0.5) is 4.39 Å². The average molecular weight is 267 g/mol. The van der Waals surface area contributed by atoms with Crippen molar-refractivity contribution in [3.05, 3.63) is 30.1 Å². The Kier molecular flexibility index (Phi) is 4.74. The summed E-state index contributed by atoms with van der Waals surface area (Å²) in [5.74, 6) is 0.0459. The van der Waals surface area contributed by atoms with Gasteiger partial charge in [-0.25, -0.2) is 4.39 Å². The molecular weight excluding hydrogens is 249 g/mol. The summed E-state index contributed by atoms with van der Waals surface area (Å²) >= 11 is 0. The first kappa shape index (κ1) is 13.8. The summed E-state index contributed by atoms with van der Waals surface area (Å²) in [5.41, 5.74) is 0. The van der Waals surface area contributed by atoms with Gasteiger partial charge < -0.3 is 14.7 Å². The molecule has 1 aromatic rings. The first-order valence-corrected chi connectivity index (χ1v) is 6.49. The fraction of sp³-hybridized carbons (Fsp3) is 0.500. The third kappa shape index (κ3) is 3.67. The molecule has 19 heavy (non-hydrogen) atoms. The van der Waals surface area contributed by atoms with Crippen LogP contribution in [-0.4, -0.2) is 41.7 Å². The van der Waals surface area contributed by atoms with Gasteiger partial charge in [-0.05, 0) is 25.0 Å². The van der Waals surface area contributed by atoms with E-state index in [-0.39, 0.29) is 37.4 Å². The standard InChI is InChI=1S/C14H18FNO3/c15-11-3-1-5-13(9-11)19-8-6-14(18)16-7-2-4-12(16)10-17/h1,3,5,9,12,17H,2,4,6-8,10H2/t12-/m1/s1. The van der Waals surface area contributed by atoms with Crippen molar-refractivity contribution in [3.63, 3.8) is 0 Å². The van der Waals surface area contributed by atoms with Crippen molar-refractivity contribution in [2.24, 2.45) is 0 Å². The number of nitrogens with zero attached hydrogens (tertiary/aromatic N) is 1. The molecule has 1 amide bonds. The number of aliphatic hydroxyl groups excluding tert-OH is 1. The minimum absolute atomic E-state index is 0.0104. The van der Waals surface area contributed by atoms with Crippen LogP contribution < -0.4 is 4.74 Å². The van der Waals surface area contributed by atoms with E-state index in [0.717, 1.165) is 12.8 Å². The molecule has 104 valence electrons. The lowest BCUT2D eigenvalue weighted by Crippen LogP contribution is -2.38. The van der Waals surface area contributed by atoms with Gasteiger partial charge in [0.1, 0.15) is 11.6 Å². The van der Waals surface area contributed by atoms with Gasteiger partial charge in [-0.15, -0.1) is 0 Å². The Morgan fingerprint density at radius 2 is 2.37 bits per heavy atom. The fourth-order valence-corrected chi connectivity index (χ4v) is 2.31. The molecule has 0 spiro atoms. The summed E-state index contributed by atoms with van der Waals surface area (Å²) in [6.07, 6.45) is 2.03. The molecule has 1 aliphatic heterocycles. The molecule has 0 aliphatic carbocycles. The van der Waals surface area contributed by atoms with Crippen LogP contribution in [0.5, 0.6) is 5.75 Å². The number of benzene rings is 1. The van der Waals surface area contributed by atoms with Gasteiger partial charge in [0.2, 0.25) is 5.91 Å². The van der Waals surface area contributed by atoms with E-state index in [1.165, 1.54) is 12.1 Å². The lowest BCUT2D eigenvalue weighted by molar-refractivity contribution is -0.133. The second-order valence-corrected chi connectivity index (χ2v) is 4.62. The number of hydrogen-bond donors (Lipinski definition) is 1. The van der Waals surface area contributed by atoms with E-state index in [9.17, 15) is 9.18 Å². The summed E-state index contributed by atoms with van der Waals surface area (Å²) < 4.78 is 18.2. The van der Waals surface area contributed by atoms with Gasteiger partial charge in [0, 0.05) is 12.6 Å². The zero-order valence-corrected chi connectivity index (χ0v) is 10.7. The maximum atomic E-state index is 12.9. The largest absolute Gasteiger partial charge is 0.493 e. The number of ether oxygens (including phenoxy) is 1. The monoisotopic (exact) mass is 267 g/mol. The lowest BCUT2D eigenvalue weighted by atomic mass is 10.2. The van der Waals surface area contributed by atoms with Crippen molar-refractivity contribution >= 4 is 5.91 Å². The maximum Gasteiger partial charge on any atom is 0.226 e. The zero-order chi connectivity index (χ0) is 13.7. The topological polar surface area (TPSA) is 49.8 Å². The zero-order valence-electron chi connectivity index (χ0n) is 10.7. The third-order valence-electron chi connectivity index (χ3n) is 3.29. The Labute approximate surface area is 111 Å². The Morgan fingerprint density at radius 3 is 3.11 bits per heavy atom. The molecule has 1 aliphatic rings. The average Bonchev–Trinajstić information content (AvgIpc) is 2.87. The number of carbonyl (C=O) groups excluding carboxylic acids is 1. The first-order valence-electron chi connectivity index (χ1n) is 6.49. The van der Waals surface area contributed by atoms with Gasteiger partial charge >= 0.3 is 0 Å². The molecule has 0 unspecified atom stereocenters. The van der Waals surface area contributed by atoms with Crippen LogP contribution in [0.2, 0.25) is 0 Å². The van der Waals surface area contributed by atoms with Gasteiger partial charge in [0.25, 0.3) is 0 Å². The third-order valence-corrected chi connectivity index (χ3v) is 3.29. The minimum Gasteiger partial charge on any atom is -0.493 e. The smallest absolute Gasteiger partial charge is 0.226 e. The molecule has 1 aromatic carbocycles. The molecule has 1 atom stereocenters. The van der Waals surface area contributed by atoms with Gasteiger partial charge in [0.05, 0.1) is 25.7 Å². The molecule has 4 nitrogen and oxygen atoms in total. The number of halogens is 1. The van der Waals surface area contributed by atoms with Crippen LogP contribution in [0.1, 0.15) is 19.3 Å². The molecule has 1 fully saturated rings. The molecular formula is C14H18FNO3. The molecule has 2 rings (SSSR count). The second kappa shape index (κ2) is 6.52. The number of likely N-dealkylation sites (tertiary alicyclic amines) is 1. The van der Waals surface area contributed by atoms with Gasteiger partial charge in [-0.2, -0.15) is 0 Å². The lowest BCUT2D eigenvalue weighted by Gasteiger charge is -2.23. The highest BCUT2D eigenvalue weighted by Gasteiger charge is 2.27. The second-order valence-electron chi connectivity index (χ2n) is 4.62. The summed E-state index contributed by atoms with van der Waals surface area (Å²) in [5, 5.41) is 9.15. The first-order chi connectivity index (χ1) is 9.20. The molecule has 0 saturated carbocycles. The van der Waals surface area contributed by atoms with E-state index >= 15 is 0 Å². The Balaban J connectivity index is 1.78. The van der Waals surface area contributed by atoms with Crippen LogP contribution in [-0.2, 0) is 4.79 Å². The van der Waals surface area contributed by atoms with Crippen LogP contribution in [0.15, 0.2) is 24.3 Å². The molecule has 0 radical (unpaired) electrons. The van der Waals surface area contributed by atoms with Crippen molar-refractivity contribution in [1.29, 1.82) is 0 Å². The molecule has 1 saturated heterocycles. The Morgan fingerprint density at radius 1 is 1.53 bits per heavy atom. The van der Waals surface area contributed by atoms with E-state index in [2.05, 4.69) is 0 Å². The predicted octanol–water partition coefficient (Wildman–Crippen LogP) is 1.58. The summed E-state index contributed by atoms with van der Waals surface area (Å²) in [6, 6.07) is 5.79. The van der Waals surface area contributed by atoms with Crippen LogP contribution in [0, 0.1) is 5.82 Å². The van der Waals surface area contributed by atoms with Crippen LogP contribution in [0.3, 0.4) is 0 Å². The summed E-state index contributed by atoms with van der Waals surface area (Å²) in [4.78, 5) is 13.6. The van der Waals surface area contributed by atoms with Crippen LogP contribution >= 0.6 is 0 Å². The number of aliphatic hydroxyl groups is 1. The van der Waals surface area contributed by atoms with E-state index in [1.807, 2.05) is 0 Å². The highest BCUT2D eigenvalue weighted by Crippen LogP contribution is 2.18. The molecule has 1 heterocycles. The molecule has 5 heteroatoms. The van der Waals surface area contributed by atoms with E-state index in [4.69, 9.17) is 9.84 Å². The Hall–Kier alpha value is -1.62. The quantitative estimate of drug-likeness (QED) is 0.881. The number of rotatable bonds is 5. The summed E-state index contributed by atoms with van der Waals surface area (Å²) in [6.45, 7) is 0.928. The van der Waals surface area contributed by atoms with Crippen molar-refractivity contribution in [2.45, 2.75) is 25.3 Å². The van der Waals surface area contributed by atoms with Crippen molar-refractivity contribution < 1.29 is 19.0 Å². The van der Waals surface area contributed by atoms with Crippen molar-refractivity contribution in [1.82, 2.24) is 4.90 Å². The van der Waals surface area contributed by atoms with Crippen LogP contribution in [0.25, 0.3) is 0 Å². The normalized spacial score (nSPS) is 18.6. The Bertz CT molecular complexity index is 438. The minimum atomic E-state index is -0.358. The van der Waals surface area contributed by atoms with Gasteiger partial charge in [0.15, 0.2) is 0 Å².